The third kappa shape index (κ3) is 3.56. The molecule has 1 heterocycles. The highest BCUT2D eigenvalue weighted by atomic mass is 32.1. The summed E-state index contributed by atoms with van der Waals surface area (Å²) in [7, 11) is 0. The van der Waals surface area contributed by atoms with Gasteiger partial charge in [0, 0.05) is 17.3 Å². The van der Waals surface area contributed by atoms with Gasteiger partial charge in [0.2, 0.25) is 0 Å². The van der Waals surface area contributed by atoms with Gasteiger partial charge >= 0.3 is 0 Å². The summed E-state index contributed by atoms with van der Waals surface area (Å²) in [6.45, 7) is 3.34. The Bertz CT molecular complexity index is 542. The molecule has 2 aromatic rings. The van der Waals surface area contributed by atoms with Gasteiger partial charge in [-0.05, 0) is 54.3 Å². The minimum atomic E-state index is 0.459. The molecule has 0 amide bonds. The summed E-state index contributed by atoms with van der Waals surface area (Å²) in [5, 5.41) is 5.96. The molecule has 3 rings (SSSR count). The second-order valence-electron chi connectivity index (χ2n) is 6.05. The Morgan fingerprint density at radius 3 is 2.71 bits per heavy atom. The lowest BCUT2D eigenvalue weighted by Gasteiger charge is -2.31. The van der Waals surface area contributed by atoms with Crippen LogP contribution in [0, 0.1) is 0 Å². The Morgan fingerprint density at radius 2 is 2.05 bits per heavy atom. The molecular formula is C19H25NS. The fraction of sp³-hybridized carbons (Fsp3) is 0.474. The second kappa shape index (κ2) is 7.24. The van der Waals surface area contributed by atoms with Crippen molar-refractivity contribution in [2.24, 2.45) is 0 Å². The summed E-state index contributed by atoms with van der Waals surface area (Å²) in [4.78, 5) is 1.48. The zero-order chi connectivity index (χ0) is 14.5. The zero-order valence-electron chi connectivity index (χ0n) is 12.8. The van der Waals surface area contributed by atoms with Crippen LogP contribution in [0.15, 0.2) is 41.8 Å². The van der Waals surface area contributed by atoms with E-state index in [0.29, 0.717) is 6.04 Å². The van der Waals surface area contributed by atoms with Gasteiger partial charge in [0.05, 0.1) is 0 Å². The van der Waals surface area contributed by atoms with E-state index in [2.05, 4.69) is 54.0 Å². The highest BCUT2D eigenvalue weighted by Gasteiger charge is 2.24. The summed E-state index contributed by atoms with van der Waals surface area (Å²) >= 11 is 1.87. The first-order valence-electron chi connectivity index (χ1n) is 8.23. The first-order valence-corrected chi connectivity index (χ1v) is 9.11. The zero-order valence-corrected chi connectivity index (χ0v) is 13.7. The highest BCUT2D eigenvalue weighted by Crippen LogP contribution is 2.40. The van der Waals surface area contributed by atoms with E-state index in [9.17, 15) is 0 Å². The lowest BCUT2D eigenvalue weighted by Crippen LogP contribution is -2.26. The van der Waals surface area contributed by atoms with Crippen molar-refractivity contribution in [2.75, 3.05) is 6.54 Å². The van der Waals surface area contributed by atoms with Gasteiger partial charge in [-0.2, -0.15) is 0 Å². The molecule has 1 aliphatic carbocycles. The molecule has 1 fully saturated rings. The lowest BCUT2D eigenvalue weighted by atomic mass is 9.77. The van der Waals surface area contributed by atoms with Gasteiger partial charge in [0.1, 0.15) is 0 Å². The van der Waals surface area contributed by atoms with Gasteiger partial charge in [-0.1, -0.05) is 43.7 Å². The summed E-state index contributed by atoms with van der Waals surface area (Å²) in [5.41, 5.74) is 3.12. The molecule has 1 aliphatic rings. The molecule has 0 aliphatic heterocycles. The van der Waals surface area contributed by atoms with E-state index < -0.39 is 0 Å². The third-order valence-corrected chi connectivity index (χ3v) is 5.44. The Morgan fingerprint density at radius 1 is 1.19 bits per heavy atom. The molecule has 0 radical (unpaired) electrons. The maximum Gasteiger partial charge on any atom is 0.0371 e. The normalized spacial score (nSPS) is 16.6. The fourth-order valence-electron chi connectivity index (χ4n) is 3.16. The van der Waals surface area contributed by atoms with Gasteiger partial charge in [-0.25, -0.2) is 0 Å². The summed E-state index contributed by atoms with van der Waals surface area (Å²) in [6.07, 6.45) is 6.44. The van der Waals surface area contributed by atoms with Crippen LogP contribution in [0.3, 0.4) is 0 Å². The van der Waals surface area contributed by atoms with E-state index in [0.717, 1.165) is 18.9 Å². The Labute approximate surface area is 132 Å². The van der Waals surface area contributed by atoms with Crippen molar-refractivity contribution in [2.45, 2.75) is 51.0 Å². The molecular weight excluding hydrogens is 274 g/mol. The predicted molar refractivity (Wildman–Crippen MR) is 92.1 cm³/mol. The minimum absolute atomic E-state index is 0.459. The molecule has 1 atom stereocenters. The number of benzene rings is 1. The van der Waals surface area contributed by atoms with Gasteiger partial charge in [-0.3, -0.25) is 0 Å². The molecule has 112 valence electrons. The summed E-state index contributed by atoms with van der Waals surface area (Å²) in [6, 6.07) is 14.0. The van der Waals surface area contributed by atoms with Crippen LogP contribution in [0.2, 0.25) is 0 Å². The number of thiophene rings is 1. The monoisotopic (exact) mass is 299 g/mol. The number of hydrogen-bond acceptors (Lipinski definition) is 2. The molecule has 2 heteroatoms. The van der Waals surface area contributed by atoms with Crippen molar-refractivity contribution < 1.29 is 0 Å². The van der Waals surface area contributed by atoms with Crippen LogP contribution < -0.4 is 5.32 Å². The molecule has 1 nitrogen and oxygen atoms in total. The second-order valence-corrected chi connectivity index (χ2v) is 7.08. The van der Waals surface area contributed by atoms with Crippen LogP contribution >= 0.6 is 11.3 Å². The Balaban J connectivity index is 1.84. The topological polar surface area (TPSA) is 12.0 Å². The number of nitrogens with one attached hydrogen (secondary N) is 1. The molecule has 1 aromatic carbocycles. The SMILES string of the molecule is CCCNC(Cc1cccs1)c1ccccc1C1CCC1. The molecule has 1 unspecified atom stereocenters. The van der Waals surface area contributed by atoms with Crippen molar-refractivity contribution in [3.05, 3.63) is 57.8 Å². The van der Waals surface area contributed by atoms with Gasteiger partial charge in [0.15, 0.2) is 0 Å². The fourth-order valence-corrected chi connectivity index (χ4v) is 3.91. The Hall–Kier alpha value is -1.12. The van der Waals surface area contributed by atoms with Crippen molar-refractivity contribution in [3.63, 3.8) is 0 Å². The maximum absolute atomic E-state index is 3.77. The van der Waals surface area contributed by atoms with Crippen LogP contribution in [-0.2, 0) is 6.42 Å². The maximum atomic E-state index is 3.77. The van der Waals surface area contributed by atoms with E-state index in [-0.39, 0.29) is 0 Å². The van der Waals surface area contributed by atoms with E-state index >= 15 is 0 Å². The third-order valence-electron chi connectivity index (χ3n) is 4.54. The summed E-state index contributed by atoms with van der Waals surface area (Å²) in [5.74, 6) is 0.801. The molecule has 0 bridgehead atoms. The van der Waals surface area contributed by atoms with E-state index in [1.807, 2.05) is 11.3 Å². The first-order chi connectivity index (χ1) is 10.4. The molecule has 0 spiro atoms. The van der Waals surface area contributed by atoms with Crippen LogP contribution in [0.5, 0.6) is 0 Å². The molecule has 1 N–H and O–H groups in total. The minimum Gasteiger partial charge on any atom is -0.310 e. The predicted octanol–water partition coefficient (Wildman–Crippen LogP) is 5.30. The quantitative estimate of drug-likeness (QED) is 0.731. The van der Waals surface area contributed by atoms with Gasteiger partial charge in [0.25, 0.3) is 0 Å². The van der Waals surface area contributed by atoms with Gasteiger partial charge in [-0.15, -0.1) is 11.3 Å². The van der Waals surface area contributed by atoms with E-state index in [4.69, 9.17) is 0 Å². The smallest absolute Gasteiger partial charge is 0.0371 e. The highest BCUT2D eigenvalue weighted by molar-refractivity contribution is 7.09. The molecule has 1 aromatic heterocycles. The van der Waals surface area contributed by atoms with Crippen molar-refractivity contribution in [3.8, 4) is 0 Å². The molecule has 21 heavy (non-hydrogen) atoms. The van der Waals surface area contributed by atoms with E-state index in [1.54, 1.807) is 5.56 Å². The van der Waals surface area contributed by atoms with Crippen LogP contribution in [0.4, 0.5) is 0 Å². The molecule has 1 saturated carbocycles. The molecule has 0 saturated heterocycles. The lowest BCUT2D eigenvalue weighted by molar-refractivity contribution is 0.410. The van der Waals surface area contributed by atoms with Crippen molar-refractivity contribution >= 4 is 11.3 Å². The standard InChI is InChI=1S/C19H25NS/c1-2-12-20-19(14-16-9-6-13-21-16)18-11-4-3-10-17(18)15-7-5-8-15/h3-4,6,9-11,13,15,19-20H,2,5,7-8,12,14H2,1H3. The van der Waals surface area contributed by atoms with Gasteiger partial charge < -0.3 is 5.32 Å². The number of rotatable bonds is 7. The van der Waals surface area contributed by atoms with Crippen LogP contribution in [-0.4, -0.2) is 6.54 Å². The van der Waals surface area contributed by atoms with E-state index in [1.165, 1.54) is 36.1 Å². The number of hydrogen-bond donors (Lipinski definition) is 1. The van der Waals surface area contributed by atoms with Crippen LogP contribution in [0.25, 0.3) is 0 Å². The summed E-state index contributed by atoms with van der Waals surface area (Å²) < 4.78 is 0. The van der Waals surface area contributed by atoms with Crippen LogP contribution in [0.1, 0.15) is 60.6 Å². The largest absolute Gasteiger partial charge is 0.310 e. The average molecular weight is 299 g/mol. The van der Waals surface area contributed by atoms with Crippen molar-refractivity contribution in [1.29, 1.82) is 0 Å². The Kier molecular flexibility index (Phi) is 5.10. The van der Waals surface area contributed by atoms with Crippen molar-refractivity contribution in [1.82, 2.24) is 5.32 Å². The first kappa shape index (κ1) is 14.8. The average Bonchev–Trinajstić information content (AvgIpc) is 2.95.